The predicted molar refractivity (Wildman–Crippen MR) is 103 cm³/mol. The number of hydrogen-bond acceptors (Lipinski definition) is 4. The van der Waals surface area contributed by atoms with Gasteiger partial charge in [0.15, 0.2) is 0 Å². The number of nitrogens with zero attached hydrogens (tertiary/aromatic N) is 2. The summed E-state index contributed by atoms with van der Waals surface area (Å²) in [4.78, 5) is 31.9. The summed E-state index contributed by atoms with van der Waals surface area (Å²) in [5.41, 5.74) is 2.72. The van der Waals surface area contributed by atoms with Gasteiger partial charge in [0.2, 0.25) is 0 Å². The van der Waals surface area contributed by atoms with Crippen molar-refractivity contribution >= 4 is 27.5 Å². The van der Waals surface area contributed by atoms with E-state index in [4.69, 9.17) is 4.98 Å². The fourth-order valence-corrected chi connectivity index (χ4v) is 4.97. The molecule has 6 heteroatoms. The SMILES string of the molecule is CCC(C(=O)O)n1c(-c2ccc(C)cc2)nc2sc3c(c2c1=O)CCC3. The van der Waals surface area contributed by atoms with Gasteiger partial charge in [0.1, 0.15) is 16.7 Å². The number of aromatic nitrogens is 2. The number of aliphatic carboxylic acids is 1. The number of benzene rings is 1. The van der Waals surface area contributed by atoms with Crippen molar-refractivity contribution in [3.8, 4) is 11.4 Å². The summed E-state index contributed by atoms with van der Waals surface area (Å²) in [6.07, 6.45) is 3.23. The largest absolute Gasteiger partial charge is 0.480 e. The van der Waals surface area contributed by atoms with Gasteiger partial charge >= 0.3 is 5.97 Å². The molecule has 1 N–H and O–H groups in total. The molecule has 134 valence electrons. The van der Waals surface area contributed by atoms with Crippen LogP contribution in [0.3, 0.4) is 0 Å². The van der Waals surface area contributed by atoms with Crippen molar-refractivity contribution in [2.24, 2.45) is 0 Å². The topological polar surface area (TPSA) is 72.2 Å². The van der Waals surface area contributed by atoms with Gasteiger partial charge in [-0.15, -0.1) is 11.3 Å². The smallest absolute Gasteiger partial charge is 0.326 e. The van der Waals surface area contributed by atoms with Crippen LogP contribution < -0.4 is 5.56 Å². The standard InChI is InChI=1S/C20H20N2O3S/c1-3-14(20(24)25)22-17(12-9-7-11(2)8-10-12)21-18-16(19(22)23)13-5-4-6-15(13)26-18/h7-10,14H,3-6H2,1-2H3,(H,24,25). The number of carboxylic acids is 1. The molecule has 1 aliphatic rings. The third-order valence-electron chi connectivity index (χ3n) is 5.06. The van der Waals surface area contributed by atoms with E-state index in [-0.39, 0.29) is 5.56 Å². The van der Waals surface area contributed by atoms with E-state index in [9.17, 15) is 14.7 Å². The van der Waals surface area contributed by atoms with Crippen molar-refractivity contribution in [1.82, 2.24) is 9.55 Å². The highest BCUT2D eigenvalue weighted by Gasteiger charge is 2.28. The molecule has 2 aromatic heterocycles. The molecule has 3 aromatic rings. The number of rotatable bonds is 4. The fourth-order valence-electron chi connectivity index (χ4n) is 3.72. The molecular formula is C20H20N2O3S. The summed E-state index contributed by atoms with van der Waals surface area (Å²) in [7, 11) is 0. The third kappa shape index (κ3) is 2.56. The second kappa shape index (κ2) is 6.36. The molecule has 0 saturated heterocycles. The van der Waals surface area contributed by atoms with Crippen molar-refractivity contribution in [3.05, 3.63) is 50.6 Å². The molecule has 0 spiro atoms. The first kappa shape index (κ1) is 17.0. The molecule has 1 aliphatic carbocycles. The molecule has 2 heterocycles. The summed E-state index contributed by atoms with van der Waals surface area (Å²) >= 11 is 1.58. The molecule has 0 radical (unpaired) electrons. The van der Waals surface area contributed by atoms with Gasteiger partial charge in [-0.3, -0.25) is 9.36 Å². The van der Waals surface area contributed by atoms with Gasteiger partial charge in [-0.2, -0.15) is 0 Å². The number of fused-ring (bicyclic) bond motifs is 3. The number of hydrogen-bond donors (Lipinski definition) is 1. The zero-order valence-corrected chi connectivity index (χ0v) is 15.6. The fraction of sp³-hybridized carbons (Fsp3) is 0.350. The van der Waals surface area contributed by atoms with Crippen LogP contribution in [0.15, 0.2) is 29.1 Å². The number of carbonyl (C=O) groups is 1. The summed E-state index contributed by atoms with van der Waals surface area (Å²) < 4.78 is 1.39. The lowest BCUT2D eigenvalue weighted by molar-refractivity contribution is -0.141. The molecule has 1 aromatic carbocycles. The Hall–Kier alpha value is -2.47. The van der Waals surface area contributed by atoms with Gasteiger partial charge < -0.3 is 5.11 Å². The molecular weight excluding hydrogens is 348 g/mol. The van der Waals surface area contributed by atoms with Gasteiger partial charge in [-0.05, 0) is 38.2 Å². The molecule has 0 amide bonds. The highest BCUT2D eigenvalue weighted by atomic mass is 32.1. The maximum Gasteiger partial charge on any atom is 0.326 e. The molecule has 4 rings (SSSR count). The van der Waals surface area contributed by atoms with Crippen LogP contribution in [0, 0.1) is 6.92 Å². The van der Waals surface area contributed by atoms with E-state index in [1.807, 2.05) is 31.2 Å². The van der Waals surface area contributed by atoms with E-state index in [1.54, 1.807) is 18.3 Å². The summed E-state index contributed by atoms with van der Waals surface area (Å²) in [6, 6.07) is 6.77. The lowest BCUT2D eigenvalue weighted by atomic mass is 10.1. The third-order valence-corrected chi connectivity index (χ3v) is 6.25. The zero-order chi connectivity index (χ0) is 18.4. The first-order valence-corrected chi connectivity index (χ1v) is 9.69. The van der Waals surface area contributed by atoms with E-state index in [2.05, 4.69) is 0 Å². The van der Waals surface area contributed by atoms with Crippen LogP contribution >= 0.6 is 11.3 Å². The second-order valence-electron chi connectivity index (χ2n) is 6.78. The minimum atomic E-state index is -1.00. The van der Waals surface area contributed by atoms with Crippen LogP contribution in [0.25, 0.3) is 21.6 Å². The molecule has 0 bridgehead atoms. The van der Waals surface area contributed by atoms with Crippen LogP contribution in [0.2, 0.25) is 0 Å². The number of aryl methyl sites for hydroxylation is 3. The van der Waals surface area contributed by atoms with E-state index in [0.29, 0.717) is 17.6 Å². The van der Waals surface area contributed by atoms with Crippen LogP contribution in [0.4, 0.5) is 0 Å². The lowest BCUT2D eigenvalue weighted by Gasteiger charge is -2.18. The Bertz CT molecular complexity index is 1060. The highest BCUT2D eigenvalue weighted by molar-refractivity contribution is 7.18. The minimum Gasteiger partial charge on any atom is -0.480 e. The van der Waals surface area contributed by atoms with Gasteiger partial charge in [0.05, 0.1) is 5.39 Å². The van der Waals surface area contributed by atoms with Gasteiger partial charge in [0, 0.05) is 10.4 Å². The molecule has 0 aliphatic heterocycles. The Morgan fingerprint density at radius 3 is 2.69 bits per heavy atom. The second-order valence-corrected chi connectivity index (χ2v) is 7.86. The average molecular weight is 368 g/mol. The summed E-state index contributed by atoms with van der Waals surface area (Å²) in [5.74, 6) is -0.562. The molecule has 26 heavy (non-hydrogen) atoms. The van der Waals surface area contributed by atoms with Crippen molar-refractivity contribution < 1.29 is 9.90 Å². The normalized spacial score (nSPS) is 14.5. The van der Waals surface area contributed by atoms with Gasteiger partial charge in [0.25, 0.3) is 5.56 Å². The van der Waals surface area contributed by atoms with Crippen molar-refractivity contribution in [2.75, 3.05) is 0 Å². The first-order valence-electron chi connectivity index (χ1n) is 8.88. The Balaban J connectivity index is 2.07. The van der Waals surface area contributed by atoms with Crippen molar-refractivity contribution in [2.45, 2.75) is 45.6 Å². The minimum absolute atomic E-state index is 0.223. The molecule has 0 fully saturated rings. The van der Waals surface area contributed by atoms with E-state index < -0.39 is 12.0 Å². The monoisotopic (exact) mass is 368 g/mol. The first-order chi connectivity index (χ1) is 12.5. The maximum absolute atomic E-state index is 13.4. The van der Waals surface area contributed by atoms with E-state index in [1.165, 1.54) is 9.44 Å². The van der Waals surface area contributed by atoms with Crippen LogP contribution in [-0.2, 0) is 17.6 Å². The van der Waals surface area contributed by atoms with Crippen molar-refractivity contribution in [3.63, 3.8) is 0 Å². The quantitative estimate of drug-likeness (QED) is 0.757. The Morgan fingerprint density at radius 1 is 1.31 bits per heavy atom. The summed E-state index contributed by atoms with van der Waals surface area (Å²) in [5, 5.41) is 10.3. The lowest BCUT2D eigenvalue weighted by Crippen LogP contribution is -2.31. The van der Waals surface area contributed by atoms with E-state index in [0.717, 1.165) is 40.8 Å². The molecule has 1 atom stereocenters. The molecule has 1 unspecified atom stereocenters. The van der Waals surface area contributed by atoms with Gasteiger partial charge in [-0.1, -0.05) is 36.8 Å². The predicted octanol–water partition coefficient (Wildman–Crippen LogP) is 3.96. The highest BCUT2D eigenvalue weighted by Crippen LogP contribution is 2.36. The summed E-state index contributed by atoms with van der Waals surface area (Å²) in [6.45, 7) is 3.77. The van der Waals surface area contributed by atoms with Crippen molar-refractivity contribution in [1.29, 1.82) is 0 Å². The molecule has 5 nitrogen and oxygen atoms in total. The maximum atomic E-state index is 13.4. The van der Waals surface area contributed by atoms with E-state index >= 15 is 0 Å². The number of thiophene rings is 1. The van der Waals surface area contributed by atoms with Crippen LogP contribution in [-0.4, -0.2) is 20.6 Å². The van der Waals surface area contributed by atoms with Gasteiger partial charge in [-0.25, -0.2) is 9.78 Å². The Morgan fingerprint density at radius 2 is 2.04 bits per heavy atom. The average Bonchev–Trinajstić information content (AvgIpc) is 3.18. The van der Waals surface area contributed by atoms with Crippen LogP contribution in [0.5, 0.6) is 0 Å². The Labute approximate surface area is 154 Å². The van der Waals surface area contributed by atoms with Crippen LogP contribution in [0.1, 0.15) is 41.8 Å². The number of carboxylic acid groups (broad SMARTS) is 1. The Kier molecular flexibility index (Phi) is 4.15. The molecule has 0 saturated carbocycles. The zero-order valence-electron chi connectivity index (χ0n) is 14.8.